The maximum atomic E-state index is 12.2. The average Bonchev–Trinajstić information content (AvgIpc) is 2.68. The van der Waals surface area contributed by atoms with Crippen molar-refractivity contribution < 1.29 is 9.53 Å². The lowest BCUT2D eigenvalue weighted by Crippen LogP contribution is -2.10. The third-order valence-corrected chi connectivity index (χ3v) is 4.69. The van der Waals surface area contributed by atoms with Crippen LogP contribution in [0.2, 0.25) is 5.02 Å². The van der Waals surface area contributed by atoms with E-state index in [0.29, 0.717) is 5.56 Å². The molecule has 0 atom stereocenters. The van der Waals surface area contributed by atoms with Gasteiger partial charge < -0.3 is 4.74 Å². The molecule has 1 aromatic carbocycles. The van der Waals surface area contributed by atoms with Gasteiger partial charge in [-0.1, -0.05) is 63.1 Å². The number of halogens is 1. The highest BCUT2D eigenvalue weighted by molar-refractivity contribution is 6.31. The van der Waals surface area contributed by atoms with Crippen molar-refractivity contribution in [3.8, 4) is 11.8 Å². The van der Waals surface area contributed by atoms with Crippen LogP contribution in [0.3, 0.4) is 0 Å². The number of ether oxygens (including phenoxy) is 1. The first-order valence-corrected chi connectivity index (χ1v) is 9.88. The fraction of sp³-hybridized carbons (Fsp3) is 0.409. The molecule has 0 aliphatic heterocycles. The molecule has 0 amide bonds. The third kappa shape index (κ3) is 7.03. The van der Waals surface area contributed by atoms with E-state index >= 15 is 0 Å². The van der Waals surface area contributed by atoms with E-state index in [1.165, 1.54) is 56.7 Å². The molecule has 0 bridgehead atoms. The molecule has 0 saturated heterocycles. The Morgan fingerprint density at radius 3 is 2.48 bits per heavy atom. The predicted octanol–water partition coefficient (Wildman–Crippen LogP) is 6.12. The van der Waals surface area contributed by atoms with Gasteiger partial charge in [-0.05, 0) is 36.6 Å². The minimum absolute atomic E-state index is 0.249. The maximum Gasteiger partial charge on any atom is 0.362 e. The second-order valence-electron chi connectivity index (χ2n) is 6.57. The Bertz CT molecular complexity index is 782. The zero-order valence-corrected chi connectivity index (χ0v) is 16.5. The molecule has 4 nitrogen and oxygen atoms in total. The number of carbonyl (C=O) groups is 1. The highest BCUT2D eigenvalue weighted by atomic mass is 35.5. The molecule has 0 radical (unpaired) electrons. The number of nitriles is 1. The van der Waals surface area contributed by atoms with E-state index in [4.69, 9.17) is 21.6 Å². The minimum atomic E-state index is -0.543. The number of rotatable bonds is 10. The van der Waals surface area contributed by atoms with E-state index in [1.807, 2.05) is 12.1 Å². The molecule has 2 aromatic rings. The number of pyridine rings is 1. The Labute approximate surface area is 166 Å². The van der Waals surface area contributed by atoms with E-state index in [1.54, 1.807) is 12.3 Å². The summed E-state index contributed by atoms with van der Waals surface area (Å²) >= 11 is 5.95. The van der Waals surface area contributed by atoms with Gasteiger partial charge in [0.25, 0.3) is 0 Å². The second kappa shape index (κ2) is 11.4. The number of carbonyl (C=O) groups excluding carboxylic acids is 1. The highest BCUT2D eigenvalue weighted by Crippen LogP contribution is 2.22. The number of nitrogens with zero attached hydrogens (tertiary/aromatic N) is 2. The zero-order chi connectivity index (χ0) is 19.5. The molecule has 0 N–H and O–H groups in total. The number of hydrogen-bond donors (Lipinski definition) is 0. The normalized spacial score (nSPS) is 10.4. The van der Waals surface area contributed by atoms with Gasteiger partial charge in [0.2, 0.25) is 0 Å². The first kappa shape index (κ1) is 20.9. The summed E-state index contributed by atoms with van der Waals surface area (Å²) in [6.07, 6.45) is 11.6. The van der Waals surface area contributed by atoms with Crippen LogP contribution in [0.1, 0.15) is 73.5 Å². The monoisotopic (exact) mass is 384 g/mol. The first-order chi connectivity index (χ1) is 13.1. The molecule has 27 heavy (non-hydrogen) atoms. The summed E-state index contributed by atoms with van der Waals surface area (Å²) in [5.74, 6) is -0.254. The fourth-order valence-electron chi connectivity index (χ4n) is 2.79. The molecule has 5 heteroatoms. The first-order valence-electron chi connectivity index (χ1n) is 9.50. The van der Waals surface area contributed by atoms with Crippen LogP contribution in [0.15, 0.2) is 36.5 Å². The summed E-state index contributed by atoms with van der Waals surface area (Å²) in [7, 11) is 0. The van der Waals surface area contributed by atoms with Crippen molar-refractivity contribution in [3.63, 3.8) is 0 Å². The molecule has 0 aliphatic carbocycles. The molecular formula is C22H25ClN2O2. The van der Waals surface area contributed by atoms with Gasteiger partial charge >= 0.3 is 5.97 Å². The smallest absolute Gasteiger partial charge is 0.362 e. The lowest BCUT2D eigenvalue weighted by atomic mass is 10.1. The predicted molar refractivity (Wildman–Crippen MR) is 107 cm³/mol. The quantitative estimate of drug-likeness (QED) is 0.281. The number of esters is 1. The molecular weight excluding hydrogens is 360 g/mol. The topological polar surface area (TPSA) is 63.0 Å². The van der Waals surface area contributed by atoms with Gasteiger partial charge in [-0.2, -0.15) is 5.26 Å². The van der Waals surface area contributed by atoms with Crippen molar-refractivity contribution in [2.45, 2.75) is 58.3 Å². The van der Waals surface area contributed by atoms with E-state index in [-0.39, 0.29) is 16.5 Å². The Morgan fingerprint density at radius 2 is 1.85 bits per heavy atom. The number of hydrogen-bond acceptors (Lipinski definition) is 4. The van der Waals surface area contributed by atoms with Gasteiger partial charge in [0.1, 0.15) is 17.5 Å². The zero-order valence-electron chi connectivity index (χ0n) is 15.7. The largest absolute Gasteiger partial charge is 0.422 e. The van der Waals surface area contributed by atoms with E-state index in [0.717, 1.165) is 18.4 Å². The third-order valence-electron chi connectivity index (χ3n) is 4.37. The van der Waals surface area contributed by atoms with Crippen LogP contribution in [0.5, 0.6) is 5.75 Å². The maximum absolute atomic E-state index is 12.2. The molecule has 0 spiro atoms. The minimum Gasteiger partial charge on any atom is -0.422 e. The molecule has 1 aromatic heterocycles. The molecule has 2 rings (SSSR count). The van der Waals surface area contributed by atoms with Crippen molar-refractivity contribution in [1.82, 2.24) is 4.98 Å². The fourth-order valence-corrected chi connectivity index (χ4v) is 3.00. The van der Waals surface area contributed by atoms with Crippen LogP contribution in [0, 0.1) is 11.3 Å². The van der Waals surface area contributed by atoms with Crippen LogP contribution in [0.4, 0.5) is 0 Å². The van der Waals surface area contributed by atoms with Crippen molar-refractivity contribution in [3.05, 3.63) is 58.4 Å². The van der Waals surface area contributed by atoms with Crippen LogP contribution in [-0.2, 0) is 6.42 Å². The summed E-state index contributed by atoms with van der Waals surface area (Å²) in [6, 6.07) is 10.1. The summed E-state index contributed by atoms with van der Waals surface area (Å²) in [5, 5.41) is 9.12. The molecule has 0 saturated carbocycles. The number of unbranched alkanes of at least 4 members (excludes halogenated alkanes) is 6. The summed E-state index contributed by atoms with van der Waals surface area (Å²) in [4.78, 5) is 16.4. The number of benzene rings is 1. The average molecular weight is 385 g/mol. The van der Waals surface area contributed by atoms with Crippen molar-refractivity contribution in [2.75, 3.05) is 0 Å². The SMILES string of the molecule is CCCCCCCCCc1ccc(C(=O)Oc2ccc(C#N)c(Cl)c2)nc1. The lowest BCUT2D eigenvalue weighted by molar-refractivity contribution is 0.0728. The molecule has 0 unspecified atom stereocenters. The van der Waals surface area contributed by atoms with Gasteiger partial charge in [-0.15, -0.1) is 0 Å². The standard InChI is InChI=1S/C22H25ClN2O2/c1-2-3-4-5-6-7-8-9-17-10-13-21(25-16-17)22(26)27-19-12-11-18(15-24)20(23)14-19/h10-14,16H,2-9H2,1H3. The van der Waals surface area contributed by atoms with E-state index in [9.17, 15) is 4.79 Å². The molecule has 1 heterocycles. The number of aromatic nitrogens is 1. The Kier molecular flexibility index (Phi) is 8.80. The second-order valence-corrected chi connectivity index (χ2v) is 6.97. The molecule has 0 fully saturated rings. The molecule has 142 valence electrons. The lowest BCUT2D eigenvalue weighted by Gasteiger charge is -2.06. The summed E-state index contributed by atoms with van der Waals surface area (Å²) in [6.45, 7) is 2.23. The van der Waals surface area contributed by atoms with Crippen LogP contribution in [-0.4, -0.2) is 11.0 Å². The Balaban J connectivity index is 1.79. The van der Waals surface area contributed by atoms with Crippen LogP contribution < -0.4 is 4.74 Å². The van der Waals surface area contributed by atoms with Crippen molar-refractivity contribution in [1.29, 1.82) is 5.26 Å². The summed E-state index contributed by atoms with van der Waals surface area (Å²) < 4.78 is 5.27. The van der Waals surface area contributed by atoms with Crippen molar-refractivity contribution in [2.24, 2.45) is 0 Å². The van der Waals surface area contributed by atoms with Crippen molar-refractivity contribution >= 4 is 17.6 Å². The van der Waals surface area contributed by atoms with E-state index in [2.05, 4.69) is 11.9 Å². The molecule has 0 aliphatic rings. The highest BCUT2D eigenvalue weighted by Gasteiger charge is 2.11. The van der Waals surface area contributed by atoms with Gasteiger partial charge in [-0.3, -0.25) is 0 Å². The Hall–Kier alpha value is -2.38. The van der Waals surface area contributed by atoms with Gasteiger partial charge in [0.15, 0.2) is 0 Å². The van der Waals surface area contributed by atoms with Gasteiger partial charge in [-0.25, -0.2) is 9.78 Å². The number of aryl methyl sites for hydroxylation is 1. The van der Waals surface area contributed by atoms with E-state index < -0.39 is 5.97 Å². The Morgan fingerprint density at radius 1 is 1.11 bits per heavy atom. The van der Waals surface area contributed by atoms with Crippen LogP contribution in [0.25, 0.3) is 0 Å². The van der Waals surface area contributed by atoms with Crippen LogP contribution >= 0.6 is 11.6 Å². The van der Waals surface area contributed by atoms with Gasteiger partial charge in [0, 0.05) is 12.3 Å². The summed E-state index contributed by atoms with van der Waals surface area (Å²) in [5.41, 5.74) is 1.71. The van der Waals surface area contributed by atoms with Gasteiger partial charge in [0.05, 0.1) is 10.6 Å².